The van der Waals surface area contributed by atoms with E-state index in [-0.39, 0.29) is 47.0 Å². The third-order valence-electron chi connectivity index (χ3n) is 1.59. The summed E-state index contributed by atoms with van der Waals surface area (Å²) >= 11 is 0. The molecule has 0 N–H and O–H groups in total. The van der Waals surface area contributed by atoms with E-state index in [4.69, 9.17) is 9.47 Å². The molecular weight excluding hydrogens is 303 g/mol. The Kier molecular flexibility index (Phi) is 29.6. The smallest absolute Gasteiger partial charge is 1.00 e. The molecule has 0 saturated carbocycles. The van der Waals surface area contributed by atoms with Crippen LogP contribution >= 0.6 is 0 Å². The van der Waals surface area contributed by atoms with Gasteiger partial charge in [0.2, 0.25) is 0 Å². The Hall–Kier alpha value is 1.42. The first-order valence-electron chi connectivity index (χ1n) is 4.85. The Morgan fingerprint density at radius 3 is 2.14 bits per heavy atom. The van der Waals surface area contributed by atoms with Crippen LogP contribution in [0.25, 0.3) is 0 Å². The topological polar surface area (TPSA) is 18.5 Å². The maximum atomic E-state index is 5.24. The fourth-order valence-corrected chi connectivity index (χ4v) is 0.813. The molecule has 0 aromatic heterocycles. The molecule has 0 heterocycles. The minimum atomic E-state index is 0. The third kappa shape index (κ3) is 19.1. The second-order valence-electron chi connectivity index (χ2n) is 2.84. The number of halogens is 1. The molecule has 0 saturated heterocycles. The average Bonchev–Trinajstić information content (AvgIpc) is 2.10. The van der Waals surface area contributed by atoms with Gasteiger partial charge in [0.25, 0.3) is 0 Å². The molecule has 0 fully saturated rings. The molecule has 0 bridgehead atoms. The Bertz CT molecular complexity index is 74.5. The van der Waals surface area contributed by atoms with Gasteiger partial charge in [-0.1, -0.05) is 19.8 Å². The number of hydrogen-bond donors (Lipinski definition) is 0. The molecule has 0 atom stereocenters. The van der Waals surface area contributed by atoms with Crippen molar-refractivity contribution >= 4 is 23.1 Å². The molecule has 14 heavy (non-hydrogen) atoms. The molecule has 0 aliphatic rings. The molecule has 82 valence electrons. The number of hydrogen-bond acceptors (Lipinski definition) is 2. The van der Waals surface area contributed by atoms with E-state index < -0.39 is 0 Å². The zero-order valence-corrected chi connectivity index (χ0v) is 13.0. The van der Waals surface area contributed by atoms with E-state index >= 15 is 0 Å². The zero-order chi connectivity index (χ0) is 9.07. The van der Waals surface area contributed by atoms with Crippen molar-refractivity contribution in [3.05, 3.63) is 6.42 Å². The van der Waals surface area contributed by atoms with E-state index in [0.717, 1.165) is 32.5 Å². The molecule has 0 aromatic carbocycles. The normalized spacial score (nSPS) is 9.00. The fourth-order valence-electron chi connectivity index (χ4n) is 0.813. The van der Waals surface area contributed by atoms with Gasteiger partial charge in [-0.05, 0) is 6.42 Å². The molecule has 0 aliphatic heterocycles. The van der Waals surface area contributed by atoms with Crippen molar-refractivity contribution in [2.45, 2.75) is 39.5 Å². The van der Waals surface area contributed by atoms with E-state index in [9.17, 15) is 0 Å². The average molecular weight is 324 g/mol. The van der Waals surface area contributed by atoms with E-state index in [1.807, 2.05) is 0 Å². The van der Waals surface area contributed by atoms with Gasteiger partial charge in [0, 0.05) is 13.2 Å². The van der Waals surface area contributed by atoms with Crippen molar-refractivity contribution in [3.8, 4) is 0 Å². The quantitative estimate of drug-likeness (QED) is 0.185. The maximum absolute atomic E-state index is 5.24. The van der Waals surface area contributed by atoms with Crippen LogP contribution in [-0.2, 0) is 9.47 Å². The van der Waals surface area contributed by atoms with Crippen LogP contribution in [0.15, 0.2) is 0 Å². The zero-order valence-electron chi connectivity index (χ0n) is 9.43. The van der Waals surface area contributed by atoms with Gasteiger partial charge in [-0.25, -0.2) is 0 Å². The summed E-state index contributed by atoms with van der Waals surface area (Å²) in [6, 6.07) is 0. The Balaban J connectivity index is -0.000000605. The Labute approximate surface area is 122 Å². The molecule has 0 rings (SSSR count). The first-order valence-corrected chi connectivity index (χ1v) is 4.85. The summed E-state index contributed by atoms with van der Waals surface area (Å²) in [7, 11) is 0. The van der Waals surface area contributed by atoms with Gasteiger partial charge >= 0.3 is 23.1 Å². The Morgan fingerprint density at radius 1 is 1.07 bits per heavy atom. The van der Waals surface area contributed by atoms with Gasteiger partial charge in [0.05, 0.1) is 0 Å². The molecule has 0 unspecified atom stereocenters. The van der Waals surface area contributed by atoms with Gasteiger partial charge in [-0.2, -0.15) is 13.3 Å². The molecule has 4 heteroatoms. The van der Waals surface area contributed by atoms with E-state index in [0.29, 0.717) is 6.79 Å². The third-order valence-corrected chi connectivity index (χ3v) is 1.59. The van der Waals surface area contributed by atoms with Crippen molar-refractivity contribution in [2.75, 3.05) is 20.0 Å². The van der Waals surface area contributed by atoms with Crippen molar-refractivity contribution in [2.24, 2.45) is 0 Å². The van der Waals surface area contributed by atoms with Gasteiger partial charge in [-0.3, -0.25) is 0 Å². The minimum absolute atomic E-state index is 0. The molecule has 2 nitrogen and oxygen atoms in total. The van der Waals surface area contributed by atoms with E-state index in [1.54, 1.807) is 0 Å². The first-order chi connectivity index (χ1) is 5.91. The monoisotopic (exact) mass is 324 g/mol. The minimum Gasteiger partial charge on any atom is -1.00 e. The van der Waals surface area contributed by atoms with Crippen LogP contribution in [0.4, 0.5) is 0 Å². The first kappa shape index (κ1) is 20.8. The number of ether oxygens (including phenoxy) is 2. The number of rotatable bonds is 9. The fraction of sp³-hybridized carbons (Fsp3) is 0.900. The van der Waals surface area contributed by atoms with E-state index in [1.165, 1.54) is 6.42 Å². The SMILES string of the molecule is C[CH-]CCCOCOCCCC.[I-].[Mg+2]. The standard InChI is InChI=1S/C10H21O2.HI.Mg/c1-3-5-7-9-12-10-11-8-6-4-2;;/h3H,4-10H2,1-2H3;1H;/q-1;;+2/p-1. The molecule has 0 aliphatic carbocycles. The number of unbranched alkanes of at least 4 members (excludes halogenated alkanes) is 3. The van der Waals surface area contributed by atoms with Crippen molar-refractivity contribution in [3.63, 3.8) is 0 Å². The summed E-state index contributed by atoms with van der Waals surface area (Å²) in [6.07, 6.45) is 6.71. The van der Waals surface area contributed by atoms with Crippen molar-refractivity contribution < 1.29 is 33.5 Å². The summed E-state index contributed by atoms with van der Waals surface area (Å²) < 4.78 is 10.5. The predicted octanol–water partition coefficient (Wildman–Crippen LogP) is -0.595. The van der Waals surface area contributed by atoms with Gasteiger partial charge in [0.1, 0.15) is 6.79 Å². The van der Waals surface area contributed by atoms with Crippen LogP contribution in [0.1, 0.15) is 39.5 Å². The summed E-state index contributed by atoms with van der Waals surface area (Å²) in [5, 5.41) is 0. The van der Waals surface area contributed by atoms with Gasteiger partial charge in [0.15, 0.2) is 0 Å². The van der Waals surface area contributed by atoms with Crippen LogP contribution in [0, 0.1) is 6.42 Å². The molecule has 0 radical (unpaired) electrons. The van der Waals surface area contributed by atoms with Crippen LogP contribution in [0.3, 0.4) is 0 Å². The largest absolute Gasteiger partial charge is 2.00 e. The molecule has 0 spiro atoms. The van der Waals surface area contributed by atoms with Crippen molar-refractivity contribution in [1.29, 1.82) is 0 Å². The summed E-state index contributed by atoms with van der Waals surface area (Å²) in [5.74, 6) is 0. The molecule has 0 aromatic rings. The second-order valence-corrected chi connectivity index (χ2v) is 2.84. The van der Waals surface area contributed by atoms with Crippen LogP contribution < -0.4 is 24.0 Å². The van der Waals surface area contributed by atoms with Crippen LogP contribution in [0.5, 0.6) is 0 Å². The summed E-state index contributed by atoms with van der Waals surface area (Å²) in [6.45, 7) is 6.33. The van der Waals surface area contributed by atoms with Gasteiger partial charge < -0.3 is 39.9 Å². The second kappa shape index (κ2) is 19.9. The van der Waals surface area contributed by atoms with Crippen LogP contribution in [0.2, 0.25) is 0 Å². The van der Waals surface area contributed by atoms with Crippen molar-refractivity contribution in [1.82, 2.24) is 0 Å². The van der Waals surface area contributed by atoms with Crippen LogP contribution in [-0.4, -0.2) is 43.1 Å². The van der Waals surface area contributed by atoms with Gasteiger partial charge in [-0.15, -0.1) is 0 Å². The van der Waals surface area contributed by atoms with E-state index in [2.05, 4.69) is 20.3 Å². The predicted molar refractivity (Wildman–Crippen MR) is 56.6 cm³/mol. The summed E-state index contributed by atoms with van der Waals surface area (Å²) in [4.78, 5) is 0. The molecular formula is C10H21IMgO2. The maximum Gasteiger partial charge on any atom is 2.00 e. The molecule has 0 amide bonds. The summed E-state index contributed by atoms with van der Waals surface area (Å²) in [5.41, 5.74) is 0. The Morgan fingerprint density at radius 2 is 1.64 bits per heavy atom.